The van der Waals surface area contributed by atoms with Gasteiger partial charge in [-0.2, -0.15) is 0 Å². The van der Waals surface area contributed by atoms with E-state index < -0.39 is 0 Å². The Morgan fingerprint density at radius 2 is 2.06 bits per heavy atom. The molecule has 1 atom stereocenters. The summed E-state index contributed by atoms with van der Waals surface area (Å²) in [4.78, 5) is 0. The standard InChI is InChI=1S/C12H15NOS.ClH/c13-11(5-3-7-14)10-8-15-12-6-2-1-4-9(10)12;/h1-2,4,6,8,11,14H,3,5,7,13H2;1H/t11-;/m1./s1. The third kappa shape index (κ3) is 2.74. The van der Waals surface area contributed by atoms with Gasteiger partial charge < -0.3 is 10.8 Å². The van der Waals surface area contributed by atoms with Crippen molar-refractivity contribution in [3.8, 4) is 0 Å². The molecule has 1 aromatic heterocycles. The van der Waals surface area contributed by atoms with Crippen LogP contribution in [0.2, 0.25) is 0 Å². The fourth-order valence-corrected chi connectivity index (χ4v) is 2.78. The van der Waals surface area contributed by atoms with Crippen LogP contribution in [0, 0.1) is 0 Å². The van der Waals surface area contributed by atoms with Crippen molar-refractivity contribution in [3.05, 3.63) is 35.2 Å². The Balaban J connectivity index is 0.00000128. The summed E-state index contributed by atoms with van der Waals surface area (Å²) < 4.78 is 1.28. The second-order valence-corrected chi connectivity index (χ2v) is 4.57. The van der Waals surface area contributed by atoms with E-state index >= 15 is 0 Å². The fraction of sp³-hybridized carbons (Fsp3) is 0.333. The minimum absolute atomic E-state index is 0. The number of thiophene rings is 1. The van der Waals surface area contributed by atoms with Gasteiger partial charge in [-0.05, 0) is 35.2 Å². The lowest BCUT2D eigenvalue weighted by molar-refractivity contribution is 0.280. The molecular weight excluding hydrogens is 242 g/mol. The number of aliphatic hydroxyl groups is 1. The average molecular weight is 258 g/mol. The summed E-state index contributed by atoms with van der Waals surface area (Å²) in [5, 5.41) is 12.2. The zero-order valence-corrected chi connectivity index (χ0v) is 10.6. The first-order valence-electron chi connectivity index (χ1n) is 5.15. The minimum atomic E-state index is 0. The molecule has 2 nitrogen and oxygen atoms in total. The summed E-state index contributed by atoms with van der Waals surface area (Å²) in [6, 6.07) is 8.36. The molecule has 1 aromatic carbocycles. The molecule has 0 saturated carbocycles. The maximum absolute atomic E-state index is 8.77. The molecule has 3 N–H and O–H groups in total. The number of halogens is 1. The molecule has 88 valence electrons. The Morgan fingerprint density at radius 1 is 1.31 bits per heavy atom. The molecular formula is C12H16ClNOS. The molecule has 0 bridgehead atoms. The Kier molecular flexibility index (Phi) is 5.22. The van der Waals surface area contributed by atoms with Gasteiger partial charge >= 0.3 is 0 Å². The first kappa shape index (κ1) is 13.5. The maximum atomic E-state index is 8.77. The van der Waals surface area contributed by atoms with Gasteiger partial charge in [0.05, 0.1) is 0 Å². The average Bonchev–Trinajstić information content (AvgIpc) is 2.69. The van der Waals surface area contributed by atoms with Crippen molar-refractivity contribution in [1.82, 2.24) is 0 Å². The molecule has 0 aliphatic carbocycles. The van der Waals surface area contributed by atoms with E-state index in [1.54, 1.807) is 11.3 Å². The largest absolute Gasteiger partial charge is 0.396 e. The second-order valence-electron chi connectivity index (χ2n) is 3.66. The van der Waals surface area contributed by atoms with Crippen LogP contribution in [0.25, 0.3) is 10.1 Å². The molecule has 4 heteroatoms. The van der Waals surface area contributed by atoms with Gasteiger partial charge in [-0.15, -0.1) is 23.7 Å². The highest BCUT2D eigenvalue weighted by molar-refractivity contribution is 7.17. The van der Waals surface area contributed by atoms with Gasteiger partial charge in [0, 0.05) is 17.3 Å². The molecule has 1 heterocycles. The first-order chi connectivity index (χ1) is 7.33. The molecule has 0 spiro atoms. The molecule has 0 amide bonds. The molecule has 0 aliphatic heterocycles. The number of aliphatic hydroxyl groups excluding tert-OH is 1. The van der Waals surface area contributed by atoms with Crippen LogP contribution in [0.15, 0.2) is 29.6 Å². The van der Waals surface area contributed by atoms with Gasteiger partial charge in [0.2, 0.25) is 0 Å². The molecule has 0 saturated heterocycles. The normalized spacial score (nSPS) is 12.4. The van der Waals surface area contributed by atoms with Crippen molar-refractivity contribution < 1.29 is 5.11 Å². The number of fused-ring (bicyclic) bond motifs is 1. The SMILES string of the molecule is Cl.N[C@H](CCCO)c1csc2ccccc12. The first-order valence-corrected chi connectivity index (χ1v) is 6.03. The number of hydrogen-bond donors (Lipinski definition) is 2. The van der Waals surface area contributed by atoms with Crippen LogP contribution in [-0.4, -0.2) is 11.7 Å². The second kappa shape index (κ2) is 6.21. The van der Waals surface area contributed by atoms with E-state index in [9.17, 15) is 0 Å². The van der Waals surface area contributed by atoms with Gasteiger partial charge in [0.15, 0.2) is 0 Å². The van der Waals surface area contributed by atoms with Crippen LogP contribution in [0.5, 0.6) is 0 Å². The predicted molar refractivity (Wildman–Crippen MR) is 72.3 cm³/mol. The van der Waals surface area contributed by atoms with Gasteiger partial charge in [-0.25, -0.2) is 0 Å². The smallest absolute Gasteiger partial charge is 0.0431 e. The highest BCUT2D eigenvalue weighted by Crippen LogP contribution is 2.30. The van der Waals surface area contributed by atoms with Crippen LogP contribution in [0.3, 0.4) is 0 Å². The molecule has 2 aromatic rings. The lowest BCUT2D eigenvalue weighted by Crippen LogP contribution is -2.10. The minimum Gasteiger partial charge on any atom is -0.396 e. The van der Waals surface area contributed by atoms with Crippen LogP contribution in [-0.2, 0) is 0 Å². The lowest BCUT2D eigenvalue weighted by Gasteiger charge is -2.09. The van der Waals surface area contributed by atoms with E-state index in [1.807, 2.05) is 12.1 Å². The van der Waals surface area contributed by atoms with Gasteiger partial charge in [-0.1, -0.05) is 18.2 Å². The summed E-state index contributed by atoms with van der Waals surface area (Å²) in [5.41, 5.74) is 7.30. The van der Waals surface area contributed by atoms with E-state index in [2.05, 4.69) is 17.5 Å². The maximum Gasteiger partial charge on any atom is 0.0431 e. The van der Waals surface area contributed by atoms with Crippen molar-refractivity contribution >= 4 is 33.8 Å². The van der Waals surface area contributed by atoms with Crippen molar-refractivity contribution in [1.29, 1.82) is 0 Å². The van der Waals surface area contributed by atoms with Gasteiger partial charge in [0.1, 0.15) is 0 Å². The van der Waals surface area contributed by atoms with E-state index in [0.29, 0.717) is 0 Å². The van der Waals surface area contributed by atoms with Gasteiger partial charge in [0.25, 0.3) is 0 Å². The highest BCUT2D eigenvalue weighted by atomic mass is 35.5. The van der Waals surface area contributed by atoms with Crippen molar-refractivity contribution in [3.63, 3.8) is 0 Å². The number of hydrogen-bond acceptors (Lipinski definition) is 3. The van der Waals surface area contributed by atoms with Crippen LogP contribution in [0.4, 0.5) is 0 Å². The number of nitrogens with two attached hydrogens (primary N) is 1. The third-order valence-electron chi connectivity index (χ3n) is 2.58. The Labute approximate surface area is 106 Å². The van der Waals surface area contributed by atoms with Crippen LogP contribution in [0.1, 0.15) is 24.4 Å². The highest BCUT2D eigenvalue weighted by Gasteiger charge is 2.10. The third-order valence-corrected chi connectivity index (χ3v) is 3.57. The molecule has 2 rings (SSSR count). The fourth-order valence-electron chi connectivity index (χ4n) is 1.75. The van der Waals surface area contributed by atoms with Crippen molar-refractivity contribution in [2.24, 2.45) is 5.73 Å². The Bertz CT molecular complexity index is 443. The monoisotopic (exact) mass is 257 g/mol. The topological polar surface area (TPSA) is 46.2 Å². The molecule has 0 unspecified atom stereocenters. The summed E-state index contributed by atoms with van der Waals surface area (Å²) in [5.74, 6) is 0. The summed E-state index contributed by atoms with van der Waals surface area (Å²) in [6.45, 7) is 0.218. The van der Waals surface area contributed by atoms with Crippen LogP contribution >= 0.6 is 23.7 Å². The van der Waals surface area contributed by atoms with E-state index in [-0.39, 0.29) is 25.1 Å². The Hall–Kier alpha value is -0.610. The zero-order chi connectivity index (χ0) is 10.7. The van der Waals surface area contributed by atoms with E-state index in [0.717, 1.165) is 12.8 Å². The summed E-state index contributed by atoms with van der Waals surface area (Å²) >= 11 is 1.73. The summed E-state index contributed by atoms with van der Waals surface area (Å²) in [7, 11) is 0. The predicted octanol–water partition coefficient (Wildman–Crippen LogP) is 3.10. The van der Waals surface area contributed by atoms with Gasteiger partial charge in [-0.3, -0.25) is 0 Å². The quantitative estimate of drug-likeness (QED) is 0.884. The number of rotatable bonds is 4. The zero-order valence-electron chi connectivity index (χ0n) is 8.93. The molecule has 16 heavy (non-hydrogen) atoms. The Morgan fingerprint density at radius 3 is 2.81 bits per heavy atom. The molecule has 0 fully saturated rings. The molecule has 0 radical (unpaired) electrons. The van der Waals surface area contributed by atoms with Crippen molar-refractivity contribution in [2.75, 3.05) is 6.61 Å². The number of benzene rings is 1. The van der Waals surface area contributed by atoms with E-state index in [1.165, 1.54) is 15.6 Å². The summed E-state index contributed by atoms with van der Waals surface area (Å²) in [6.07, 6.45) is 1.61. The van der Waals surface area contributed by atoms with E-state index in [4.69, 9.17) is 10.8 Å². The van der Waals surface area contributed by atoms with Crippen LogP contribution < -0.4 is 5.73 Å². The molecule has 0 aliphatic rings. The van der Waals surface area contributed by atoms with Crippen molar-refractivity contribution in [2.45, 2.75) is 18.9 Å². The lowest BCUT2D eigenvalue weighted by atomic mass is 10.0.